The molecule has 0 aliphatic carbocycles. The van der Waals surface area contributed by atoms with Crippen molar-refractivity contribution in [1.82, 2.24) is 0 Å². The number of aryl methyl sites for hydroxylation is 2. The van der Waals surface area contributed by atoms with Gasteiger partial charge in [-0.3, -0.25) is 9.69 Å². The molecule has 0 heterocycles. The van der Waals surface area contributed by atoms with Crippen molar-refractivity contribution in [2.75, 3.05) is 4.90 Å². The molecule has 1 amide bonds. The molecule has 0 spiro atoms. The highest BCUT2D eigenvalue weighted by Gasteiger charge is 2.15. The van der Waals surface area contributed by atoms with Crippen LogP contribution in [0.15, 0.2) is 61.2 Å². The van der Waals surface area contributed by atoms with Gasteiger partial charge < -0.3 is 0 Å². The minimum Gasteiger partial charge on any atom is -0.278 e. The number of amides is 1. The largest absolute Gasteiger partial charge is 0.278 e. The lowest BCUT2D eigenvalue weighted by atomic mass is 10.1. The first-order valence-corrected chi connectivity index (χ1v) is 9.34. The van der Waals surface area contributed by atoms with Crippen LogP contribution >= 0.6 is 0 Å². The molecule has 25 heavy (non-hydrogen) atoms. The molecule has 0 unspecified atom stereocenters. The minimum absolute atomic E-state index is 0.109. The van der Waals surface area contributed by atoms with Crippen LogP contribution in [0.3, 0.4) is 0 Å². The molecule has 0 bridgehead atoms. The standard InChI is InChI=1S/C23H29NO/c1-4-7-9-19-11-15-21(16-12-19)24(23(25)6-3)22-17-13-20(14-18-22)10-8-5-2/h6,11-18H,3-5,7-10H2,1-2H3. The summed E-state index contributed by atoms with van der Waals surface area (Å²) in [5.74, 6) is -0.109. The first-order chi connectivity index (χ1) is 12.2. The van der Waals surface area contributed by atoms with Crippen LogP contribution in [-0.2, 0) is 17.6 Å². The third-order valence-electron chi connectivity index (χ3n) is 4.42. The van der Waals surface area contributed by atoms with Crippen LogP contribution in [0.25, 0.3) is 0 Å². The van der Waals surface area contributed by atoms with Crippen LogP contribution in [0, 0.1) is 0 Å². The van der Waals surface area contributed by atoms with Gasteiger partial charge >= 0.3 is 0 Å². The van der Waals surface area contributed by atoms with E-state index in [1.54, 1.807) is 4.90 Å². The Balaban J connectivity index is 2.24. The Morgan fingerprint density at radius 2 is 1.24 bits per heavy atom. The van der Waals surface area contributed by atoms with Gasteiger partial charge in [-0.2, -0.15) is 0 Å². The minimum atomic E-state index is -0.109. The van der Waals surface area contributed by atoms with Crippen LogP contribution < -0.4 is 4.90 Å². The Kier molecular flexibility index (Phi) is 7.46. The highest BCUT2D eigenvalue weighted by molar-refractivity contribution is 6.06. The van der Waals surface area contributed by atoms with Crippen LogP contribution in [0.2, 0.25) is 0 Å². The molecule has 0 radical (unpaired) electrons. The Morgan fingerprint density at radius 3 is 1.56 bits per heavy atom. The topological polar surface area (TPSA) is 20.3 Å². The maximum absolute atomic E-state index is 12.4. The molecule has 0 atom stereocenters. The average Bonchev–Trinajstić information content (AvgIpc) is 2.66. The Hall–Kier alpha value is -2.35. The lowest BCUT2D eigenvalue weighted by Gasteiger charge is -2.22. The van der Waals surface area contributed by atoms with Gasteiger partial charge in [-0.1, -0.05) is 57.5 Å². The van der Waals surface area contributed by atoms with Gasteiger partial charge in [0.05, 0.1) is 0 Å². The molecule has 2 aromatic rings. The summed E-state index contributed by atoms with van der Waals surface area (Å²) in [6.07, 6.45) is 8.29. The predicted octanol–water partition coefficient (Wildman–Crippen LogP) is 6.22. The van der Waals surface area contributed by atoms with Gasteiger partial charge in [-0.25, -0.2) is 0 Å². The Bertz CT molecular complexity index is 619. The smallest absolute Gasteiger partial charge is 0.254 e. The van der Waals surface area contributed by atoms with E-state index in [0.717, 1.165) is 24.2 Å². The summed E-state index contributed by atoms with van der Waals surface area (Å²) in [6.45, 7) is 8.05. The highest BCUT2D eigenvalue weighted by Crippen LogP contribution is 2.27. The van der Waals surface area contributed by atoms with E-state index in [1.165, 1.54) is 42.9 Å². The van der Waals surface area contributed by atoms with Gasteiger partial charge in [0.2, 0.25) is 0 Å². The Labute approximate surface area is 152 Å². The molecule has 2 nitrogen and oxygen atoms in total. The molecular formula is C23H29NO. The first-order valence-electron chi connectivity index (χ1n) is 9.34. The summed E-state index contributed by atoms with van der Waals surface area (Å²) in [4.78, 5) is 14.2. The zero-order chi connectivity index (χ0) is 18.1. The molecule has 2 rings (SSSR count). The number of hydrogen-bond donors (Lipinski definition) is 0. The monoisotopic (exact) mass is 335 g/mol. The van der Waals surface area contributed by atoms with E-state index < -0.39 is 0 Å². The fourth-order valence-corrected chi connectivity index (χ4v) is 2.88. The second-order valence-corrected chi connectivity index (χ2v) is 6.42. The molecule has 2 heteroatoms. The number of carbonyl (C=O) groups excluding carboxylic acids is 1. The van der Waals surface area contributed by atoms with E-state index >= 15 is 0 Å². The molecule has 0 aliphatic rings. The van der Waals surface area contributed by atoms with E-state index in [2.05, 4.69) is 44.7 Å². The summed E-state index contributed by atoms with van der Waals surface area (Å²) >= 11 is 0. The van der Waals surface area contributed by atoms with Crippen molar-refractivity contribution in [3.63, 3.8) is 0 Å². The fraction of sp³-hybridized carbons (Fsp3) is 0.348. The number of hydrogen-bond acceptors (Lipinski definition) is 1. The number of rotatable bonds is 9. The molecule has 0 fully saturated rings. The van der Waals surface area contributed by atoms with E-state index in [0.29, 0.717) is 0 Å². The highest BCUT2D eigenvalue weighted by atomic mass is 16.2. The molecular weight excluding hydrogens is 306 g/mol. The van der Waals surface area contributed by atoms with Crippen molar-refractivity contribution in [2.24, 2.45) is 0 Å². The Morgan fingerprint density at radius 1 is 0.840 bits per heavy atom. The van der Waals surface area contributed by atoms with E-state index in [4.69, 9.17) is 0 Å². The van der Waals surface area contributed by atoms with Crippen LogP contribution in [0.5, 0.6) is 0 Å². The van der Waals surface area contributed by atoms with Gasteiger partial charge in [0.25, 0.3) is 5.91 Å². The molecule has 0 saturated carbocycles. The molecule has 2 aromatic carbocycles. The van der Waals surface area contributed by atoms with Gasteiger partial charge in [0, 0.05) is 11.4 Å². The zero-order valence-electron chi connectivity index (χ0n) is 15.5. The summed E-state index contributed by atoms with van der Waals surface area (Å²) in [7, 11) is 0. The quantitative estimate of drug-likeness (QED) is 0.498. The second-order valence-electron chi connectivity index (χ2n) is 6.42. The van der Waals surface area contributed by atoms with Crippen LogP contribution in [0.4, 0.5) is 11.4 Å². The van der Waals surface area contributed by atoms with Crippen LogP contribution in [0.1, 0.15) is 50.7 Å². The van der Waals surface area contributed by atoms with E-state index in [1.807, 2.05) is 24.3 Å². The molecule has 0 aromatic heterocycles. The van der Waals surface area contributed by atoms with Crippen molar-refractivity contribution in [1.29, 1.82) is 0 Å². The van der Waals surface area contributed by atoms with Gasteiger partial charge in [-0.15, -0.1) is 0 Å². The fourth-order valence-electron chi connectivity index (χ4n) is 2.88. The molecule has 0 N–H and O–H groups in total. The third-order valence-corrected chi connectivity index (χ3v) is 4.42. The number of unbranched alkanes of at least 4 members (excludes halogenated alkanes) is 2. The van der Waals surface area contributed by atoms with E-state index in [-0.39, 0.29) is 5.91 Å². The maximum atomic E-state index is 12.4. The lowest BCUT2D eigenvalue weighted by Crippen LogP contribution is -2.23. The summed E-state index contributed by atoms with van der Waals surface area (Å²) in [5.41, 5.74) is 4.39. The average molecular weight is 335 g/mol. The van der Waals surface area contributed by atoms with Crippen molar-refractivity contribution >= 4 is 17.3 Å². The van der Waals surface area contributed by atoms with Gasteiger partial charge in [0.1, 0.15) is 0 Å². The maximum Gasteiger partial charge on any atom is 0.254 e. The molecule has 132 valence electrons. The van der Waals surface area contributed by atoms with Crippen molar-refractivity contribution in [3.05, 3.63) is 72.3 Å². The first kappa shape index (κ1) is 19.0. The third kappa shape index (κ3) is 5.32. The summed E-state index contributed by atoms with van der Waals surface area (Å²) in [5, 5.41) is 0. The van der Waals surface area contributed by atoms with Crippen LogP contribution in [-0.4, -0.2) is 5.91 Å². The van der Waals surface area contributed by atoms with Crippen molar-refractivity contribution in [3.8, 4) is 0 Å². The number of carbonyl (C=O) groups is 1. The number of nitrogens with zero attached hydrogens (tertiary/aromatic N) is 1. The SMILES string of the molecule is C=CC(=O)N(c1ccc(CCCC)cc1)c1ccc(CCCC)cc1. The normalized spacial score (nSPS) is 10.5. The summed E-state index contributed by atoms with van der Waals surface area (Å²) < 4.78 is 0. The van der Waals surface area contributed by atoms with Crippen molar-refractivity contribution < 1.29 is 4.79 Å². The van der Waals surface area contributed by atoms with Gasteiger partial charge in [-0.05, 0) is 67.2 Å². The predicted molar refractivity (Wildman–Crippen MR) is 107 cm³/mol. The van der Waals surface area contributed by atoms with E-state index in [9.17, 15) is 4.79 Å². The second kappa shape index (κ2) is 9.83. The lowest BCUT2D eigenvalue weighted by molar-refractivity contribution is -0.113. The van der Waals surface area contributed by atoms with Crippen molar-refractivity contribution in [2.45, 2.75) is 52.4 Å². The number of anilines is 2. The molecule has 0 saturated heterocycles. The zero-order valence-corrected chi connectivity index (χ0v) is 15.5. The number of benzene rings is 2. The summed E-state index contributed by atoms with van der Waals surface area (Å²) in [6, 6.07) is 16.6. The van der Waals surface area contributed by atoms with Gasteiger partial charge in [0.15, 0.2) is 0 Å². The molecule has 0 aliphatic heterocycles.